The summed E-state index contributed by atoms with van der Waals surface area (Å²) < 4.78 is 6.36. The molecule has 2 aromatic carbocycles. The molecule has 2 atom stereocenters. The number of carbonyl (C=O) groups is 1. The van der Waals surface area contributed by atoms with Crippen LogP contribution in [0.1, 0.15) is 37.4 Å². The Hall–Kier alpha value is -3.33. The van der Waals surface area contributed by atoms with Gasteiger partial charge in [-0.1, -0.05) is 61.5 Å². The van der Waals surface area contributed by atoms with Crippen molar-refractivity contribution in [3.05, 3.63) is 102 Å². The van der Waals surface area contributed by atoms with Crippen LogP contribution in [0, 0.1) is 5.92 Å². The molecule has 4 aromatic rings. The van der Waals surface area contributed by atoms with Crippen LogP contribution in [0.4, 0.5) is 11.4 Å². The molecule has 0 saturated carbocycles. The maximum Gasteiger partial charge on any atom is 0.226 e. The summed E-state index contributed by atoms with van der Waals surface area (Å²) in [6.07, 6.45) is 1.77. The summed E-state index contributed by atoms with van der Waals surface area (Å²) >= 11 is 14.0. The van der Waals surface area contributed by atoms with Crippen LogP contribution in [0.3, 0.4) is 0 Å². The van der Waals surface area contributed by atoms with Crippen LogP contribution >= 0.6 is 35.6 Å². The van der Waals surface area contributed by atoms with E-state index in [0.717, 1.165) is 27.1 Å². The highest BCUT2D eigenvalue weighted by Crippen LogP contribution is 2.44. The first kappa shape index (κ1) is 25.3. The van der Waals surface area contributed by atoms with E-state index in [1.807, 2.05) is 91.5 Å². The highest BCUT2D eigenvalue weighted by atomic mass is 35.5. The fraction of sp³-hybridized carbons (Fsp3) is 0.179. The maximum atomic E-state index is 12.2. The Morgan fingerprint density at radius 3 is 2.59 bits per heavy atom. The molecule has 2 unspecified atom stereocenters. The number of amides is 1. The average molecular weight is 549 g/mol. The van der Waals surface area contributed by atoms with E-state index in [9.17, 15) is 4.79 Å². The number of hydrogen-bond donors (Lipinski definition) is 2. The second-order valence-corrected chi connectivity index (χ2v) is 10.7. The van der Waals surface area contributed by atoms with Gasteiger partial charge in [-0.05, 0) is 66.8 Å². The van der Waals surface area contributed by atoms with Crippen LogP contribution in [0.5, 0.6) is 0 Å². The molecule has 9 heteroatoms. The molecule has 0 radical (unpaired) electrons. The molecule has 1 fully saturated rings. The molecule has 5 rings (SSSR count). The van der Waals surface area contributed by atoms with Gasteiger partial charge in [0.05, 0.1) is 22.4 Å². The van der Waals surface area contributed by atoms with E-state index in [4.69, 9.17) is 28.2 Å². The topological polar surface area (TPSA) is 70.4 Å². The third kappa shape index (κ3) is 5.51. The quantitative estimate of drug-likeness (QED) is 0.236. The van der Waals surface area contributed by atoms with Crippen molar-refractivity contribution < 1.29 is 9.21 Å². The zero-order valence-corrected chi connectivity index (χ0v) is 22.6. The maximum absolute atomic E-state index is 12.2. The molecule has 37 heavy (non-hydrogen) atoms. The van der Waals surface area contributed by atoms with E-state index in [2.05, 4.69) is 15.6 Å². The second-order valence-electron chi connectivity index (χ2n) is 8.88. The molecule has 2 aromatic heterocycles. The Morgan fingerprint density at radius 2 is 1.89 bits per heavy atom. The van der Waals surface area contributed by atoms with Crippen molar-refractivity contribution >= 4 is 58.0 Å². The fourth-order valence-electron chi connectivity index (χ4n) is 4.11. The molecule has 2 N–H and O–H groups in total. The Kier molecular flexibility index (Phi) is 7.50. The van der Waals surface area contributed by atoms with Crippen molar-refractivity contribution in [1.29, 1.82) is 0 Å². The number of pyridine rings is 1. The third-order valence-corrected chi connectivity index (χ3v) is 7.52. The minimum absolute atomic E-state index is 0.0971. The lowest BCUT2D eigenvalue weighted by Crippen LogP contribution is -2.29. The molecule has 188 valence electrons. The number of hydrogen-bond acceptors (Lipinski definition) is 5. The average Bonchev–Trinajstić information content (AvgIpc) is 3.50. The van der Waals surface area contributed by atoms with Gasteiger partial charge in [0, 0.05) is 22.7 Å². The smallest absolute Gasteiger partial charge is 0.226 e. The molecule has 3 heterocycles. The van der Waals surface area contributed by atoms with E-state index in [0.29, 0.717) is 15.8 Å². The highest BCUT2D eigenvalue weighted by molar-refractivity contribution is 7.99. The lowest BCUT2D eigenvalue weighted by Gasteiger charge is -2.26. The summed E-state index contributed by atoms with van der Waals surface area (Å²) in [4.78, 5) is 19.9. The fourth-order valence-corrected chi connectivity index (χ4v) is 5.47. The Bertz CT molecular complexity index is 1410. The molecule has 0 aliphatic carbocycles. The number of benzene rings is 2. The minimum Gasteiger partial charge on any atom is -0.452 e. The molecule has 6 nitrogen and oxygen atoms in total. The summed E-state index contributed by atoms with van der Waals surface area (Å²) in [5.41, 5.74) is 2.18. The molecule has 0 bridgehead atoms. The van der Waals surface area contributed by atoms with Gasteiger partial charge < -0.3 is 20.0 Å². The predicted molar refractivity (Wildman–Crippen MR) is 152 cm³/mol. The first-order valence-electron chi connectivity index (χ1n) is 11.8. The highest BCUT2D eigenvalue weighted by Gasteiger charge is 2.42. The number of halogens is 1. The Balaban J connectivity index is 1.50. The summed E-state index contributed by atoms with van der Waals surface area (Å²) in [7, 11) is 0. The van der Waals surface area contributed by atoms with Gasteiger partial charge in [0.15, 0.2) is 10.2 Å². The summed E-state index contributed by atoms with van der Waals surface area (Å²) in [6.45, 7) is 3.67. The number of thiocarbonyl (C=S) groups is 1. The Morgan fingerprint density at radius 1 is 1.11 bits per heavy atom. The number of anilines is 2. The van der Waals surface area contributed by atoms with Gasteiger partial charge in [0.1, 0.15) is 11.8 Å². The summed E-state index contributed by atoms with van der Waals surface area (Å²) in [5.74, 6) is 0.492. The van der Waals surface area contributed by atoms with Crippen molar-refractivity contribution in [1.82, 2.24) is 10.3 Å². The number of nitrogens with one attached hydrogen (secondary N) is 2. The van der Waals surface area contributed by atoms with Crippen LogP contribution in [0.15, 0.2) is 99.5 Å². The lowest BCUT2D eigenvalue weighted by molar-refractivity contribution is -0.118. The van der Waals surface area contributed by atoms with Gasteiger partial charge in [0.2, 0.25) is 5.91 Å². The van der Waals surface area contributed by atoms with Crippen molar-refractivity contribution in [3.8, 4) is 0 Å². The zero-order valence-electron chi connectivity index (χ0n) is 20.2. The number of carbonyl (C=O) groups excluding carboxylic acids is 1. The number of nitrogens with zero attached hydrogens (tertiary/aromatic N) is 2. The predicted octanol–water partition coefficient (Wildman–Crippen LogP) is 7.25. The van der Waals surface area contributed by atoms with Gasteiger partial charge in [0.25, 0.3) is 0 Å². The van der Waals surface area contributed by atoms with Crippen molar-refractivity contribution in [2.24, 2.45) is 5.92 Å². The van der Waals surface area contributed by atoms with Crippen molar-refractivity contribution in [3.63, 3.8) is 0 Å². The number of furan rings is 1. The minimum atomic E-state index is -0.306. The van der Waals surface area contributed by atoms with E-state index in [1.165, 1.54) is 0 Å². The van der Waals surface area contributed by atoms with Gasteiger partial charge in [-0.15, -0.1) is 0 Å². The van der Waals surface area contributed by atoms with Crippen LogP contribution in [-0.4, -0.2) is 16.0 Å². The van der Waals surface area contributed by atoms with E-state index < -0.39 is 0 Å². The van der Waals surface area contributed by atoms with Gasteiger partial charge in [-0.3, -0.25) is 9.78 Å². The van der Waals surface area contributed by atoms with E-state index >= 15 is 0 Å². The molecule has 1 saturated heterocycles. The van der Waals surface area contributed by atoms with Crippen molar-refractivity contribution in [2.45, 2.75) is 35.9 Å². The largest absolute Gasteiger partial charge is 0.452 e. The summed E-state index contributed by atoms with van der Waals surface area (Å²) in [6, 6.07) is 24.8. The van der Waals surface area contributed by atoms with Gasteiger partial charge in [-0.25, -0.2) is 0 Å². The number of aromatic nitrogens is 1. The molecule has 1 aliphatic rings. The standard InChI is InChI=1S/C28H25ClN4O2S2/c1-17(2)27(34)31-21-12-11-18(16-20(21)29)33-26(25(32-28(33)36)22-10-6-7-15-30-22)23-13-14-24(35-23)37-19-8-4-3-5-9-19/h3-17,25-26H,1-2H3,(H,31,34)(H,32,36). The van der Waals surface area contributed by atoms with Crippen LogP contribution in [0.25, 0.3) is 0 Å². The summed E-state index contributed by atoms with van der Waals surface area (Å²) in [5, 5.41) is 8.03. The van der Waals surface area contributed by atoms with Gasteiger partial charge >= 0.3 is 0 Å². The van der Waals surface area contributed by atoms with E-state index in [1.54, 1.807) is 24.0 Å². The van der Waals surface area contributed by atoms with Crippen molar-refractivity contribution in [2.75, 3.05) is 10.2 Å². The lowest BCUT2D eigenvalue weighted by atomic mass is 10.0. The van der Waals surface area contributed by atoms with Crippen LogP contribution in [-0.2, 0) is 4.79 Å². The number of rotatable bonds is 7. The molecular weight excluding hydrogens is 524 g/mol. The molecule has 1 aliphatic heterocycles. The van der Waals surface area contributed by atoms with Crippen LogP contribution in [0.2, 0.25) is 5.02 Å². The Labute approximate surface area is 230 Å². The first-order valence-corrected chi connectivity index (χ1v) is 13.4. The first-order chi connectivity index (χ1) is 17.9. The monoisotopic (exact) mass is 548 g/mol. The van der Waals surface area contributed by atoms with Gasteiger partial charge in [-0.2, -0.15) is 0 Å². The third-order valence-electron chi connectivity index (χ3n) is 5.97. The second kappa shape index (κ2) is 11.0. The zero-order chi connectivity index (χ0) is 25.9. The molecular formula is C28H25ClN4O2S2. The van der Waals surface area contributed by atoms with Crippen LogP contribution < -0.4 is 15.5 Å². The molecule has 1 amide bonds. The normalized spacial score (nSPS) is 17.2. The van der Waals surface area contributed by atoms with E-state index in [-0.39, 0.29) is 23.9 Å². The molecule has 0 spiro atoms. The SMILES string of the molecule is CC(C)C(=O)Nc1ccc(N2C(=S)NC(c3ccccn3)C2c2ccc(Sc3ccccc3)o2)cc1Cl.